The highest BCUT2D eigenvalue weighted by atomic mass is 32.2. The first kappa shape index (κ1) is 9.92. The summed E-state index contributed by atoms with van der Waals surface area (Å²) in [5.41, 5.74) is 0.560. The van der Waals surface area contributed by atoms with Crippen LogP contribution in [0.5, 0.6) is 0 Å². The molecule has 0 saturated heterocycles. The zero-order valence-electron chi connectivity index (χ0n) is 7.12. The van der Waals surface area contributed by atoms with E-state index in [1.165, 1.54) is 18.2 Å². The van der Waals surface area contributed by atoms with Gasteiger partial charge in [-0.15, -0.1) is 0 Å². The predicted molar refractivity (Wildman–Crippen MR) is 49.6 cm³/mol. The fourth-order valence-corrected chi connectivity index (χ4v) is 1.67. The molecule has 0 N–H and O–H groups in total. The highest BCUT2D eigenvalue weighted by molar-refractivity contribution is 7.90. The van der Waals surface area contributed by atoms with Gasteiger partial charge in [-0.25, -0.2) is 12.8 Å². The number of hydrogen-bond acceptors (Lipinski definition) is 2. The van der Waals surface area contributed by atoms with Crippen LogP contribution in [0.1, 0.15) is 5.56 Å². The van der Waals surface area contributed by atoms with Crippen molar-refractivity contribution in [2.45, 2.75) is 4.90 Å². The molecule has 0 aromatic heterocycles. The van der Waals surface area contributed by atoms with E-state index >= 15 is 0 Å². The van der Waals surface area contributed by atoms with Gasteiger partial charge in [-0.1, -0.05) is 18.7 Å². The molecule has 1 aromatic carbocycles. The van der Waals surface area contributed by atoms with Crippen molar-refractivity contribution in [2.24, 2.45) is 0 Å². The van der Waals surface area contributed by atoms with Crippen LogP contribution in [0.15, 0.2) is 29.7 Å². The zero-order valence-corrected chi connectivity index (χ0v) is 7.94. The van der Waals surface area contributed by atoms with Crippen LogP contribution >= 0.6 is 0 Å². The molecule has 13 heavy (non-hydrogen) atoms. The maximum Gasteiger partial charge on any atom is 0.178 e. The van der Waals surface area contributed by atoms with Gasteiger partial charge in [-0.3, -0.25) is 0 Å². The van der Waals surface area contributed by atoms with Gasteiger partial charge in [0.1, 0.15) is 10.7 Å². The minimum atomic E-state index is -3.47. The van der Waals surface area contributed by atoms with E-state index in [2.05, 4.69) is 6.58 Å². The molecule has 0 fully saturated rings. The van der Waals surface area contributed by atoms with Crippen molar-refractivity contribution < 1.29 is 12.8 Å². The molecule has 2 nitrogen and oxygen atoms in total. The number of rotatable bonds is 2. The first-order valence-electron chi connectivity index (χ1n) is 3.57. The lowest BCUT2D eigenvalue weighted by Gasteiger charge is -2.00. The average molecular weight is 200 g/mol. The molecule has 0 unspecified atom stereocenters. The molecule has 1 aromatic rings. The Morgan fingerprint density at radius 3 is 2.46 bits per heavy atom. The Bertz CT molecular complexity index is 435. The first-order chi connectivity index (χ1) is 5.95. The highest BCUT2D eigenvalue weighted by Gasteiger charge is 2.12. The van der Waals surface area contributed by atoms with Crippen LogP contribution in [-0.2, 0) is 9.84 Å². The first-order valence-corrected chi connectivity index (χ1v) is 5.46. The van der Waals surface area contributed by atoms with E-state index in [0.717, 1.165) is 12.3 Å². The molecule has 0 radical (unpaired) electrons. The lowest BCUT2D eigenvalue weighted by Crippen LogP contribution is -2.00. The Kier molecular flexibility index (Phi) is 2.52. The van der Waals surface area contributed by atoms with Gasteiger partial charge < -0.3 is 0 Å². The van der Waals surface area contributed by atoms with Gasteiger partial charge in [0.25, 0.3) is 0 Å². The third kappa shape index (κ3) is 2.15. The molecule has 0 amide bonds. The van der Waals surface area contributed by atoms with E-state index in [1.54, 1.807) is 0 Å². The van der Waals surface area contributed by atoms with Crippen molar-refractivity contribution >= 4 is 15.9 Å². The predicted octanol–water partition coefficient (Wildman–Crippen LogP) is 1.87. The fourth-order valence-electron chi connectivity index (χ4n) is 0.945. The topological polar surface area (TPSA) is 34.1 Å². The van der Waals surface area contributed by atoms with Gasteiger partial charge in [0.15, 0.2) is 9.84 Å². The van der Waals surface area contributed by atoms with Crippen LogP contribution < -0.4 is 0 Å². The molecule has 70 valence electrons. The van der Waals surface area contributed by atoms with Crippen LogP contribution in [0.25, 0.3) is 6.08 Å². The number of benzene rings is 1. The Morgan fingerprint density at radius 1 is 1.46 bits per heavy atom. The lowest BCUT2D eigenvalue weighted by molar-refractivity contribution is 0.570. The normalized spacial score (nSPS) is 11.2. The van der Waals surface area contributed by atoms with E-state index in [9.17, 15) is 12.8 Å². The molecular formula is C9H9FO2S. The van der Waals surface area contributed by atoms with Crippen molar-refractivity contribution in [3.63, 3.8) is 0 Å². The van der Waals surface area contributed by atoms with Gasteiger partial charge in [0.05, 0.1) is 0 Å². The van der Waals surface area contributed by atoms with Crippen LogP contribution in [0.4, 0.5) is 4.39 Å². The van der Waals surface area contributed by atoms with Crippen LogP contribution in [0.3, 0.4) is 0 Å². The molecule has 0 aliphatic carbocycles. The quantitative estimate of drug-likeness (QED) is 0.730. The molecule has 0 aliphatic rings. The van der Waals surface area contributed by atoms with Gasteiger partial charge in [0, 0.05) is 6.26 Å². The van der Waals surface area contributed by atoms with Gasteiger partial charge >= 0.3 is 0 Å². The van der Waals surface area contributed by atoms with Crippen LogP contribution in [-0.4, -0.2) is 14.7 Å². The summed E-state index contributed by atoms with van der Waals surface area (Å²) in [6.07, 6.45) is 2.42. The van der Waals surface area contributed by atoms with Crippen molar-refractivity contribution in [2.75, 3.05) is 6.26 Å². The number of sulfone groups is 1. The third-order valence-corrected chi connectivity index (χ3v) is 2.72. The van der Waals surface area contributed by atoms with Gasteiger partial charge in [0.2, 0.25) is 0 Å². The Morgan fingerprint density at radius 2 is 2.08 bits per heavy atom. The van der Waals surface area contributed by atoms with Crippen molar-refractivity contribution in [3.05, 3.63) is 36.2 Å². The average Bonchev–Trinajstić information content (AvgIpc) is 2.01. The molecule has 4 heteroatoms. The number of halogens is 1. The van der Waals surface area contributed by atoms with Crippen LogP contribution in [0, 0.1) is 5.82 Å². The second-order valence-corrected chi connectivity index (χ2v) is 4.65. The Balaban J connectivity index is 3.37. The molecule has 0 heterocycles. The van der Waals surface area contributed by atoms with Crippen LogP contribution in [0.2, 0.25) is 0 Å². The fraction of sp³-hybridized carbons (Fsp3) is 0.111. The molecule has 0 spiro atoms. The number of hydrogen-bond donors (Lipinski definition) is 0. The van der Waals surface area contributed by atoms with Crippen molar-refractivity contribution in [3.8, 4) is 0 Å². The van der Waals surface area contributed by atoms with E-state index in [1.807, 2.05) is 0 Å². The summed E-state index contributed by atoms with van der Waals surface area (Å²) in [6.45, 7) is 3.45. The minimum absolute atomic E-state index is 0.280. The summed E-state index contributed by atoms with van der Waals surface area (Å²) in [5, 5.41) is 0. The maximum absolute atomic E-state index is 13.1. The maximum atomic E-state index is 13.1. The van der Waals surface area contributed by atoms with E-state index in [-0.39, 0.29) is 4.90 Å². The third-order valence-electron chi connectivity index (χ3n) is 1.59. The summed E-state index contributed by atoms with van der Waals surface area (Å²) in [5.74, 6) is -0.736. The van der Waals surface area contributed by atoms with Gasteiger partial charge in [-0.05, 0) is 17.7 Å². The lowest BCUT2D eigenvalue weighted by atomic mass is 10.2. The summed E-state index contributed by atoms with van der Waals surface area (Å²) in [7, 11) is -3.47. The van der Waals surface area contributed by atoms with E-state index in [0.29, 0.717) is 5.56 Å². The Labute approximate surface area is 76.6 Å². The largest absolute Gasteiger partial charge is 0.224 e. The highest BCUT2D eigenvalue weighted by Crippen LogP contribution is 2.16. The van der Waals surface area contributed by atoms with Crippen molar-refractivity contribution in [1.29, 1.82) is 0 Å². The molecule has 0 saturated carbocycles. The molecule has 1 rings (SSSR count). The molecule has 0 bridgehead atoms. The summed E-state index contributed by atoms with van der Waals surface area (Å²) >= 11 is 0. The SMILES string of the molecule is C=Cc1ccc(S(C)(=O)=O)c(F)c1. The second kappa shape index (κ2) is 3.30. The standard InChI is InChI=1S/C9H9FO2S/c1-3-7-4-5-9(8(10)6-7)13(2,11)12/h3-6H,1H2,2H3. The summed E-state index contributed by atoms with van der Waals surface area (Å²) < 4.78 is 35.1. The van der Waals surface area contributed by atoms with Crippen molar-refractivity contribution in [1.82, 2.24) is 0 Å². The summed E-state index contributed by atoms with van der Waals surface area (Å²) in [6, 6.07) is 3.89. The zero-order chi connectivity index (χ0) is 10.1. The monoisotopic (exact) mass is 200 g/mol. The molecule has 0 aliphatic heterocycles. The minimum Gasteiger partial charge on any atom is -0.224 e. The Hall–Kier alpha value is -1.16. The summed E-state index contributed by atoms with van der Waals surface area (Å²) in [4.78, 5) is -0.280. The molecular weight excluding hydrogens is 191 g/mol. The van der Waals surface area contributed by atoms with Gasteiger partial charge in [-0.2, -0.15) is 0 Å². The smallest absolute Gasteiger partial charge is 0.178 e. The van der Waals surface area contributed by atoms with E-state index in [4.69, 9.17) is 0 Å². The molecule has 0 atom stereocenters. The van der Waals surface area contributed by atoms with E-state index < -0.39 is 15.7 Å². The second-order valence-electron chi connectivity index (χ2n) is 2.67.